The van der Waals surface area contributed by atoms with E-state index in [0.29, 0.717) is 0 Å². The van der Waals surface area contributed by atoms with Gasteiger partial charge in [0.15, 0.2) is 0 Å². The highest BCUT2D eigenvalue weighted by molar-refractivity contribution is 5.64. The van der Waals surface area contributed by atoms with Crippen molar-refractivity contribution in [2.45, 2.75) is 12.8 Å². The van der Waals surface area contributed by atoms with Crippen LogP contribution in [0.3, 0.4) is 0 Å². The molecule has 3 heteroatoms. The number of nitrogens with two attached hydrogens (primary N) is 1. The molecule has 3 nitrogen and oxygen atoms in total. The maximum Gasteiger partial charge on any atom is 0.119 e. The highest BCUT2D eigenvalue weighted by atomic mass is 16.5. The van der Waals surface area contributed by atoms with Crippen LogP contribution in [0.1, 0.15) is 12.8 Å². The lowest BCUT2D eigenvalue weighted by molar-refractivity contribution is 0.239. The molecule has 1 heterocycles. The number of hydrogen-bond donors (Lipinski definition) is 1. The Morgan fingerprint density at radius 1 is 1.11 bits per heavy atom. The number of benzene rings is 1. The van der Waals surface area contributed by atoms with Crippen molar-refractivity contribution < 1.29 is 4.74 Å². The Labute approximate surface area is 113 Å². The van der Waals surface area contributed by atoms with Gasteiger partial charge in [-0.05, 0) is 48.2 Å². The molecule has 0 amide bonds. The number of rotatable bonds is 5. The fraction of sp³-hybridized carbons (Fsp3) is 0.312. The van der Waals surface area contributed by atoms with Crippen LogP contribution in [-0.2, 0) is 0 Å². The fourth-order valence-electron chi connectivity index (χ4n) is 2.13. The summed E-state index contributed by atoms with van der Waals surface area (Å²) in [4.78, 5) is 4.04. The Hall–Kier alpha value is -1.87. The molecular weight excluding hydrogens is 236 g/mol. The molecule has 1 aromatic carbocycles. The SMILES string of the molecule is NCC1(COc2cccc(-c3ccncc3)c2)CC1. The van der Waals surface area contributed by atoms with Crippen molar-refractivity contribution in [1.29, 1.82) is 0 Å². The number of pyridine rings is 1. The first-order chi connectivity index (χ1) is 9.31. The molecule has 0 aliphatic heterocycles. The van der Waals surface area contributed by atoms with Crippen LogP contribution in [0, 0.1) is 5.41 Å². The van der Waals surface area contributed by atoms with Gasteiger partial charge >= 0.3 is 0 Å². The zero-order chi connectivity index (χ0) is 13.1. The van der Waals surface area contributed by atoms with Gasteiger partial charge in [-0.25, -0.2) is 0 Å². The Balaban J connectivity index is 1.73. The summed E-state index contributed by atoms with van der Waals surface area (Å²) < 4.78 is 5.89. The van der Waals surface area contributed by atoms with E-state index in [1.165, 1.54) is 12.8 Å². The Morgan fingerprint density at radius 3 is 2.58 bits per heavy atom. The van der Waals surface area contributed by atoms with Crippen molar-refractivity contribution in [3.63, 3.8) is 0 Å². The second kappa shape index (κ2) is 5.02. The molecule has 0 atom stereocenters. The lowest BCUT2D eigenvalue weighted by Crippen LogP contribution is -2.22. The molecule has 1 fully saturated rings. The first-order valence-corrected chi connectivity index (χ1v) is 6.65. The molecule has 0 unspecified atom stereocenters. The minimum atomic E-state index is 0.243. The van der Waals surface area contributed by atoms with Crippen LogP contribution in [0.25, 0.3) is 11.1 Å². The number of aromatic nitrogens is 1. The molecule has 1 aromatic heterocycles. The Bertz CT molecular complexity index is 550. The predicted octanol–water partition coefficient (Wildman–Crippen LogP) is 2.87. The molecule has 3 rings (SSSR count). The van der Waals surface area contributed by atoms with Gasteiger partial charge in [-0.15, -0.1) is 0 Å². The van der Waals surface area contributed by atoms with Crippen LogP contribution in [-0.4, -0.2) is 18.1 Å². The maximum absolute atomic E-state index is 5.89. The van der Waals surface area contributed by atoms with Crippen LogP contribution in [0.15, 0.2) is 48.8 Å². The van der Waals surface area contributed by atoms with Crippen LogP contribution in [0.2, 0.25) is 0 Å². The summed E-state index contributed by atoms with van der Waals surface area (Å²) in [6.45, 7) is 1.44. The van der Waals surface area contributed by atoms with Gasteiger partial charge in [0.2, 0.25) is 0 Å². The third kappa shape index (κ3) is 2.76. The summed E-state index contributed by atoms with van der Waals surface area (Å²) in [5, 5.41) is 0. The van der Waals surface area contributed by atoms with Crippen molar-refractivity contribution in [3.8, 4) is 16.9 Å². The quantitative estimate of drug-likeness (QED) is 0.892. The molecule has 0 saturated heterocycles. The molecule has 0 bridgehead atoms. The summed E-state index contributed by atoms with van der Waals surface area (Å²) in [5.74, 6) is 0.911. The number of ether oxygens (including phenoxy) is 1. The van der Waals surface area contributed by atoms with Crippen LogP contribution >= 0.6 is 0 Å². The van der Waals surface area contributed by atoms with Crippen molar-refractivity contribution in [2.24, 2.45) is 11.1 Å². The largest absolute Gasteiger partial charge is 0.493 e. The average Bonchev–Trinajstić information content (AvgIpc) is 3.27. The van der Waals surface area contributed by atoms with Gasteiger partial charge in [-0.3, -0.25) is 4.98 Å². The van der Waals surface area contributed by atoms with Gasteiger partial charge in [-0.1, -0.05) is 12.1 Å². The van der Waals surface area contributed by atoms with Crippen molar-refractivity contribution in [2.75, 3.05) is 13.2 Å². The summed E-state index contributed by atoms with van der Waals surface area (Å²) in [5.41, 5.74) is 8.31. The molecular formula is C16H18N2O. The molecule has 1 saturated carbocycles. The smallest absolute Gasteiger partial charge is 0.119 e. The van der Waals surface area contributed by atoms with E-state index >= 15 is 0 Å². The molecule has 2 N–H and O–H groups in total. The molecule has 19 heavy (non-hydrogen) atoms. The van der Waals surface area contributed by atoms with Crippen LogP contribution in [0.5, 0.6) is 5.75 Å². The van der Waals surface area contributed by atoms with Gasteiger partial charge in [-0.2, -0.15) is 0 Å². The van der Waals surface area contributed by atoms with E-state index in [2.05, 4.69) is 17.1 Å². The maximum atomic E-state index is 5.89. The Kier molecular flexibility index (Phi) is 3.22. The minimum absolute atomic E-state index is 0.243. The van der Waals surface area contributed by atoms with Gasteiger partial charge in [0, 0.05) is 24.4 Å². The fourth-order valence-corrected chi connectivity index (χ4v) is 2.13. The summed E-state index contributed by atoms with van der Waals surface area (Å²) >= 11 is 0. The van der Waals surface area contributed by atoms with Crippen molar-refractivity contribution in [1.82, 2.24) is 4.98 Å². The first-order valence-electron chi connectivity index (χ1n) is 6.65. The van der Waals surface area contributed by atoms with E-state index in [1.54, 1.807) is 12.4 Å². The van der Waals surface area contributed by atoms with Gasteiger partial charge in [0.05, 0.1) is 6.61 Å². The third-order valence-corrected chi connectivity index (χ3v) is 3.78. The van der Waals surface area contributed by atoms with E-state index in [9.17, 15) is 0 Å². The van der Waals surface area contributed by atoms with E-state index in [1.807, 2.05) is 24.3 Å². The second-order valence-corrected chi connectivity index (χ2v) is 5.26. The zero-order valence-corrected chi connectivity index (χ0v) is 10.9. The molecule has 0 radical (unpaired) electrons. The average molecular weight is 254 g/mol. The number of hydrogen-bond acceptors (Lipinski definition) is 3. The van der Waals surface area contributed by atoms with Crippen LogP contribution < -0.4 is 10.5 Å². The van der Waals surface area contributed by atoms with E-state index in [4.69, 9.17) is 10.5 Å². The second-order valence-electron chi connectivity index (χ2n) is 5.26. The lowest BCUT2D eigenvalue weighted by atomic mass is 10.1. The standard InChI is InChI=1S/C16H18N2O/c17-11-16(6-7-16)12-19-15-3-1-2-14(10-15)13-4-8-18-9-5-13/h1-5,8-10H,6-7,11-12,17H2. The summed E-state index contributed by atoms with van der Waals surface area (Å²) in [6.07, 6.45) is 5.98. The molecule has 98 valence electrons. The normalized spacial score (nSPS) is 16.1. The Morgan fingerprint density at radius 2 is 1.89 bits per heavy atom. The highest BCUT2D eigenvalue weighted by Gasteiger charge is 2.42. The van der Waals surface area contributed by atoms with Gasteiger partial charge in [0.25, 0.3) is 0 Å². The van der Waals surface area contributed by atoms with E-state index < -0.39 is 0 Å². The zero-order valence-electron chi connectivity index (χ0n) is 10.9. The van der Waals surface area contributed by atoms with E-state index in [0.717, 1.165) is 30.0 Å². The number of nitrogens with zero attached hydrogens (tertiary/aromatic N) is 1. The van der Waals surface area contributed by atoms with Crippen molar-refractivity contribution in [3.05, 3.63) is 48.8 Å². The minimum Gasteiger partial charge on any atom is -0.493 e. The monoisotopic (exact) mass is 254 g/mol. The summed E-state index contributed by atoms with van der Waals surface area (Å²) in [6, 6.07) is 12.2. The molecule has 1 aliphatic carbocycles. The molecule has 1 aliphatic rings. The van der Waals surface area contributed by atoms with Crippen molar-refractivity contribution >= 4 is 0 Å². The van der Waals surface area contributed by atoms with Gasteiger partial charge < -0.3 is 10.5 Å². The van der Waals surface area contributed by atoms with Gasteiger partial charge in [0.1, 0.15) is 5.75 Å². The topological polar surface area (TPSA) is 48.1 Å². The highest BCUT2D eigenvalue weighted by Crippen LogP contribution is 2.44. The third-order valence-electron chi connectivity index (χ3n) is 3.78. The summed E-state index contributed by atoms with van der Waals surface area (Å²) in [7, 11) is 0. The van der Waals surface area contributed by atoms with E-state index in [-0.39, 0.29) is 5.41 Å². The van der Waals surface area contributed by atoms with Crippen LogP contribution in [0.4, 0.5) is 0 Å². The predicted molar refractivity (Wildman–Crippen MR) is 75.9 cm³/mol. The molecule has 2 aromatic rings. The first kappa shape index (κ1) is 12.2. The molecule has 0 spiro atoms. The lowest BCUT2D eigenvalue weighted by Gasteiger charge is -2.14.